The molecule has 0 aliphatic heterocycles. The quantitative estimate of drug-likeness (QED) is 0.874. The Morgan fingerprint density at radius 1 is 1.19 bits per heavy atom. The fourth-order valence-corrected chi connectivity index (χ4v) is 3.78. The van der Waals surface area contributed by atoms with Crippen molar-refractivity contribution in [2.45, 2.75) is 59.0 Å². The van der Waals surface area contributed by atoms with Gasteiger partial charge in [-0.15, -0.1) is 0 Å². The topological polar surface area (TPSA) is 49.5 Å². The molecule has 1 aromatic rings. The number of rotatable bonds is 5. The van der Waals surface area contributed by atoms with Gasteiger partial charge in [0.15, 0.2) is 0 Å². The minimum Gasteiger partial charge on any atom is -0.507 e. The Morgan fingerprint density at radius 2 is 1.81 bits per heavy atom. The van der Waals surface area contributed by atoms with Crippen molar-refractivity contribution in [1.82, 2.24) is 4.90 Å². The van der Waals surface area contributed by atoms with Crippen LogP contribution < -0.4 is 5.73 Å². The number of phenols is 1. The Bertz CT molecular complexity index is 449. The maximum absolute atomic E-state index is 9.92. The fraction of sp³-hybridized carbons (Fsp3) is 0.667. The van der Waals surface area contributed by atoms with E-state index in [1.54, 1.807) is 0 Å². The molecule has 0 aromatic heterocycles. The number of hydrogen-bond donors (Lipinski definition) is 2. The van der Waals surface area contributed by atoms with E-state index in [1.165, 1.54) is 31.2 Å². The molecule has 0 amide bonds. The van der Waals surface area contributed by atoms with Crippen molar-refractivity contribution < 1.29 is 5.11 Å². The van der Waals surface area contributed by atoms with Crippen LogP contribution in [0.2, 0.25) is 0 Å². The van der Waals surface area contributed by atoms with E-state index in [0.717, 1.165) is 30.8 Å². The first-order valence-corrected chi connectivity index (χ1v) is 8.30. The summed E-state index contributed by atoms with van der Waals surface area (Å²) in [5.74, 6) is 1.07. The molecule has 21 heavy (non-hydrogen) atoms. The molecule has 1 aliphatic carbocycles. The van der Waals surface area contributed by atoms with E-state index < -0.39 is 0 Å². The van der Waals surface area contributed by atoms with Gasteiger partial charge >= 0.3 is 0 Å². The lowest BCUT2D eigenvalue weighted by atomic mass is 9.83. The zero-order chi connectivity index (χ0) is 15.4. The van der Waals surface area contributed by atoms with Gasteiger partial charge in [0, 0.05) is 12.6 Å². The van der Waals surface area contributed by atoms with Crippen LogP contribution >= 0.6 is 0 Å². The molecule has 2 atom stereocenters. The zero-order valence-corrected chi connectivity index (χ0v) is 13.7. The Morgan fingerprint density at radius 3 is 2.38 bits per heavy atom. The highest BCUT2D eigenvalue weighted by molar-refractivity contribution is 5.42. The molecule has 3 heteroatoms. The Balaban J connectivity index is 2.14. The molecule has 0 spiro atoms. The molecule has 118 valence electrons. The lowest BCUT2D eigenvalue weighted by molar-refractivity contribution is 0.105. The molecule has 1 aliphatic rings. The van der Waals surface area contributed by atoms with Gasteiger partial charge in [-0.25, -0.2) is 0 Å². The van der Waals surface area contributed by atoms with Crippen molar-refractivity contribution in [3.8, 4) is 5.75 Å². The molecule has 2 unspecified atom stereocenters. The molecule has 0 saturated heterocycles. The van der Waals surface area contributed by atoms with Crippen LogP contribution in [0.3, 0.4) is 0 Å². The number of aryl methyl sites for hydroxylation is 2. The molecular weight excluding hydrogens is 260 g/mol. The third kappa shape index (κ3) is 3.78. The van der Waals surface area contributed by atoms with E-state index in [9.17, 15) is 5.11 Å². The summed E-state index contributed by atoms with van der Waals surface area (Å²) in [6.07, 6.45) is 5.19. The van der Waals surface area contributed by atoms with Gasteiger partial charge < -0.3 is 10.8 Å². The van der Waals surface area contributed by atoms with Crippen LogP contribution in [0.25, 0.3) is 0 Å². The predicted molar refractivity (Wildman–Crippen MR) is 88.5 cm³/mol. The van der Waals surface area contributed by atoms with Gasteiger partial charge in [-0.2, -0.15) is 0 Å². The second kappa shape index (κ2) is 7.28. The first kappa shape index (κ1) is 16.3. The average molecular weight is 290 g/mol. The molecule has 3 N–H and O–H groups in total. The number of nitrogens with two attached hydrogens (primary N) is 1. The maximum atomic E-state index is 9.92. The minimum atomic E-state index is 0.430. The van der Waals surface area contributed by atoms with Crippen molar-refractivity contribution in [2.75, 3.05) is 13.1 Å². The van der Waals surface area contributed by atoms with E-state index in [4.69, 9.17) is 5.73 Å². The van der Waals surface area contributed by atoms with Gasteiger partial charge in [0.05, 0.1) is 0 Å². The van der Waals surface area contributed by atoms with Crippen molar-refractivity contribution >= 4 is 0 Å². The first-order chi connectivity index (χ1) is 10.1. The summed E-state index contributed by atoms with van der Waals surface area (Å²) >= 11 is 0. The predicted octanol–water partition coefficient (Wildman–Crippen LogP) is 3.35. The van der Waals surface area contributed by atoms with Crippen LogP contribution in [0, 0.1) is 19.8 Å². The van der Waals surface area contributed by atoms with E-state index in [2.05, 4.69) is 24.0 Å². The van der Waals surface area contributed by atoms with E-state index >= 15 is 0 Å². The first-order valence-electron chi connectivity index (χ1n) is 8.30. The summed E-state index contributed by atoms with van der Waals surface area (Å²) in [6, 6.07) is 4.85. The average Bonchev–Trinajstić information content (AvgIpc) is 2.50. The van der Waals surface area contributed by atoms with Gasteiger partial charge in [-0.3, -0.25) is 4.90 Å². The standard InChI is InChI=1S/C18H30N2O/c1-4-20(17-8-6-5-7-16(17)11-19)12-15-9-13(2)18(21)14(3)10-15/h9-10,16-17,21H,4-8,11-12,19H2,1-3H3. The van der Waals surface area contributed by atoms with Gasteiger partial charge in [0.1, 0.15) is 5.75 Å². The molecule has 1 aromatic carbocycles. The minimum absolute atomic E-state index is 0.430. The number of phenolic OH excluding ortho intramolecular Hbond substituents is 1. The van der Waals surface area contributed by atoms with Crippen molar-refractivity contribution in [1.29, 1.82) is 0 Å². The lowest BCUT2D eigenvalue weighted by Crippen LogP contribution is -2.44. The lowest BCUT2D eigenvalue weighted by Gasteiger charge is -2.39. The Labute approximate surface area is 129 Å². The molecule has 1 saturated carbocycles. The number of nitrogens with zero attached hydrogens (tertiary/aromatic N) is 1. The summed E-state index contributed by atoms with van der Waals surface area (Å²) in [5.41, 5.74) is 9.23. The largest absolute Gasteiger partial charge is 0.507 e. The summed E-state index contributed by atoms with van der Waals surface area (Å²) in [5, 5.41) is 9.92. The van der Waals surface area contributed by atoms with Gasteiger partial charge in [-0.05, 0) is 62.4 Å². The maximum Gasteiger partial charge on any atom is 0.121 e. The highest BCUT2D eigenvalue weighted by Crippen LogP contribution is 2.30. The van der Waals surface area contributed by atoms with Crippen LogP contribution in [-0.2, 0) is 6.54 Å². The molecule has 3 nitrogen and oxygen atoms in total. The van der Waals surface area contributed by atoms with Gasteiger partial charge in [0.25, 0.3) is 0 Å². The summed E-state index contributed by atoms with van der Waals surface area (Å²) in [6.45, 7) is 9.01. The third-order valence-electron chi connectivity index (χ3n) is 4.98. The Hall–Kier alpha value is -1.06. The summed E-state index contributed by atoms with van der Waals surface area (Å²) < 4.78 is 0. The highest BCUT2D eigenvalue weighted by atomic mass is 16.3. The second-order valence-corrected chi connectivity index (χ2v) is 6.49. The zero-order valence-electron chi connectivity index (χ0n) is 13.7. The van der Waals surface area contributed by atoms with E-state index in [0.29, 0.717) is 17.7 Å². The molecule has 0 radical (unpaired) electrons. The second-order valence-electron chi connectivity index (χ2n) is 6.49. The van der Waals surface area contributed by atoms with E-state index in [1.807, 2.05) is 13.8 Å². The van der Waals surface area contributed by atoms with Crippen LogP contribution in [0.1, 0.15) is 49.3 Å². The normalized spacial score (nSPS) is 22.7. The van der Waals surface area contributed by atoms with Crippen molar-refractivity contribution in [3.63, 3.8) is 0 Å². The third-order valence-corrected chi connectivity index (χ3v) is 4.98. The fourth-order valence-electron chi connectivity index (χ4n) is 3.78. The SMILES string of the molecule is CCN(Cc1cc(C)c(O)c(C)c1)C1CCCCC1CN. The van der Waals surface area contributed by atoms with Crippen LogP contribution in [-0.4, -0.2) is 29.1 Å². The number of benzene rings is 1. The van der Waals surface area contributed by atoms with Crippen LogP contribution in [0.4, 0.5) is 0 Å². The summed E-state index contributed by atoms with van der Waals surface area (Å²) in [7, 11) is 0. The smallest absolute Gasteiger partial charge is 0.121 e. The number of aromatic hydroxyl groups is 1. The van der Waals surface area contributed by atoms with Gasteiger partial charge in [-0.1, -0.05) is 31.9 Å². The molecule has 2 rings (SSSR count). The molecule has 1 fully saturated rings. The van der Waals surface area contributed by atoms with Crippen LogP contribution in [0.5, 0.6) is 5.75 Å². The van der Waals surface area contributed by atoms with Crippen molar-refractivity contribution in [3.05, 3.63) is 28.8 Å². The van der Waals surface area contributed by atoms with Gasteiger partial charge in [0.2, 0.25) is 0 Å². The van der Waals surface area contributed by atoms with Crippen molar-refractivity contribution in [2.24, 2.45) is 11.7 Å². The number of hydrogen-bond acceptors (Lipinski definition) is 3. The Kier molecular flexibility index (Phi) is 5.65. The molecule has 0 heterocycles. The monoisotopic (exact) mass is 290 g/mol. The highest BCUT2D eigenvalue weighted by Gasteiger charge is 2.28. The molecule has 0 bridgehead atoms. The molecular formula is C18H30N2O. The van der Waals surface area contributed by atoms with Crippen LogP contribution in [0.15, 0.2) is 12.1 Å². The van der Waals surface area contributed by atoms with E-state index in [-0.39, 0.29) is 0 Å². The summed E-state index contributed by atoms with van der Waals surface area (Å²) in [4.78, 5) is 2.57.